The Bertz CT molecular complexity index is 1090. The summed E-state index contributed by atoms with van der Waals surface area (Å²) in [6, 6.07) is 8.06. The number of ether oxygens (including phenoxy) is 1. The van der Waals surface area contributed by atoms with Gasteiger partial charge in [0.25, 0.3) is 5.91 Å². The number of carbonyl (C=O) groups is 2. The van der Waals surface area contributed by atoms with E-state index in [2.05, 4.69) is 22.5 Å². The summed E-state index contributed by atoms with van der Waals surface area (Å²) in [4.78, 5) is 27.1. The molecular formula is C22H19F2N3O4. The molecule has 0 unspecified atom stereocenters. The first-order valence-electron chi connectivity index (χ1n) is 9.55. The Morgan fingerprint density at radius 2 is 1.94 bits per heavy atom. The number of carbonyl (C=O) groups excluding carboxylic acids is 2. The van der Waals surface area contributed by atoms with E-state index < -0.39 is 23.1 Å². The molecule has 4 rings (SSSR count). The van der Waals surface area contributed by atoms with E-state index in [4.69, 9.17) is 9.84 Å². The van der Waals surface area contributed by atoms with Gasteiger partial charge in [0.05, 0.1) is 13.2 Å². The maximum Gasteiger partial charge on any atom is 0.254 e. The topological polar surface area (TPSA) is 90.9 Å². The first-order chi connectivity index (χ1) is 14.9. The molecule has 1 atom stereocenters. The maximum atomic E-state index is 14.4. The van der Waals surface area contributed by atoms with Gasteiger partial charge >= 0.3 is 0 Å². The molecule has 0 bridgehead atoms. The molecule has 160 valence electrons. The van der Waals surface area contributed by atoms with Crippen molar-refractivity contribution in [3.8, 4) is 17.6 Å². The number of rotatable bonds is 5. The molecule has 31 heavy (non-hydrogen) atoms. The number of aliphatic hydroxyl groups excluding tert-OH is 1. The Balaban J connectivity index is 1.59. The number of benzene rings is 2. The molecule has 0 aromatic heterocycles. The van der Waals surface area contributed by atoms with Crippen molar-refractivity contribution in [3.63, 3.8) is 0 Å². The molecule has 2 aliphatic heterocycles. The zero-order valence-corrected chi connectivity index (χ0v) is 16.4. The highest BCUT2D eigenvalue weighted by Crippen LogP contribution is 2.33. The van der Waals surface area contributed by atoms with Crippen LogP contribution < -0.4 is 15.4 Å². The number of fused-ring (bicyclic) bond motifs is 1. The van der Waals surface area contributed by atoms with Crippen LogP contribution in [0.25, 0.3) is 0 Å². The normalized spacial score (nSPS) is 19.6. The van der Waals surface area contributed by atoms with Crippen LogP contribution in [0.5, 0.6) is 5.75 Å². The van der Waals surface area contributed by atoms with Crippen LogP contribution in [-0.4, -0.2) is 48.2 Å². The van der Waals surface area contributed by atoms with Crippen LogP contribution in [0.15, 0.2) is 36.4 Å². The van der Waals surface area contributed by atoms with E-state index in [1.165, 1.54) is 35.2 Å². The molecule has 0 spiro atoms. The molecule has 9 heteroatoms. The van der Waals surface area contributed by atoms with E-state index in [1.54, 1.807) is 0 Å². The third-order valence-corrected chi connectivity index (χ3v) is 5.33. The summed E-state index contributed by atoms with van der Waals surface area (Å²) in [6.07, 6.45) is 0. The maximum absolute atomic E-state index is 14.4. The predicted octanol–water partition coefficient (Wildman–Crippen LogP) is 0.867. The molecule has 1 fully saturated rings. The van der Waals surface area contributed by atoms with Gasteiger partial charge in [0.1, 0.15) is 24.6 Å². The number of nitrogens with zero attached hydrogens (tertiary/aromatic N) is 1. The lowest BCUT2D eigenvalue weighted by Gasteiger charge is -2.31. The molecule has 2 amide bonds. The Labute approximate surface area is 177 Å². The molecule has 0 aliphatic carbocycles. The van der Waals surface area contributed by atoms with Crippen LogP contribution in [0, 0.1) is 23.5 Å². The molecule has 2 heterocycles. The average molecular weight is 427 g/mol. The van der Waals surface area contributed by atoms with Crippen molar-refractivity contribution in [3.05, 3.63) is 64.7 Å². The van der Waals surface area contributed by atoms with E-state index in [0.717, 1.165) is 6.07 Å². The predicted molar refractivity (Wildman–Crippen MR) is 106 cm³/mol. The van der Waals surface area contributed by atoms with Crippen molar-refractivity contribution >= 4 is 11.8 Å². The molecule has 0 radical (unpaired) electrons. The number of halogens is 2. The van der Waals surface area contributed by atoms with E-state index in [-0.39, 0.29) is 50.2 Å². The molecule has 0 saturated carbocycles. The lowest BCUT2D eigenvalue weighted by molar-refractivity contribution is -0.125. The summed E-state index contributed by atoms with van der Waals surface area (Å²) in [5, 5.41) is 14.4. The zero-order chi connectivity index (χ0) is 22.0. The summed E-state index contributed by atoms with van der Waals surface area (Å²) in [5.41, 5.74) is 0.0248. The first-order valence-corrected chi connectivity index (χ1v) is 9.55. The van der Waals surface area contributed by atoms with Gasteiger partial charge in [-0.3, -0.25) is 14.9 Å². The number of nitrogens with one attached hydrogen (secondary N) is 2. The summed E-state index contributed by atoms with van der Waals surface area (Å²) >= 11 is 0. The van der Waals surface area contributed by atoms with Crippen molar-refractivity contribution in [1.29, 1.82) is 0 Å². The van der Waals surface area contributed by atoms with Gasteiger partial charge in [0.2, 0.25) is 5.91 Å². The number of hydrogen-bond donors (Lipinski definition) is 3. The fourth-order valence-corrected chi connectivity index (χ4v) is 3.81. The van der Waals surface area contributed by atoms with Crippen LogP contribution in [-0.2, 0) is 16.9 Å². The fraction of sp³-hybridized carbons (Fsp3) is 0.273. The molecule has 7 nitrogen and oxygen atoms in total. The highest BCUT2D eigenvalue weighted by molar-refractivity contribution is 5.99. The van der Waals surface area contributed by atoms with Crippen molar-refractivity contribution < 1.29 is 28.2 Å². The van der Waals surface area contributed by atoms with E-state index in [0.29, 0.717) is 11.1 Å². The Morgan fingerprint density at radius 1 is 1.16 bits per heavy atom. The van der Waals surface area contributed by atoms with Crippen molar-refractivity contribution in [2.24, 2.45) is 0 Å². The van der Waals surface area contributed by atoms with Gasteiger partial charge in [-0.15, -0.1) is 0 Å². The monoisotopic (exact) mass is 427 g/mol. The van der Waals surface area contributed by atoms with Gasteiger partial charge in [-0.1, -0.05) is 24.0 Å². The molecule has 3 N–H and O–H groups in total. The molecule has 2 aromatic rings. The average Bonchev–Trinajstić information content (AvgIpc) is 3.26. The van der Waals surface area contributed by atoms with Gasteiger partial charge in [0, 0.05) is 12.1 Å². The Kier molecular flexibility index (Phi) is 5.59. The Morgan fingerprint density at radius 3 is 2.61 bits per heavy atom. The number of hydrogen-bond acceptors (Lipinski definition) is 5. The minimum absolute atomic E-state index is 0.0161. The lowest BCUT2D eigenvalue weighted by atomic mass is 9.89. The molecular weight excluding hydrogens is 408 g/mol. The van der Waals surface area contributed by atoms with E-state index in [1.807, 2.05) is 0 Å². The SMILES string of the molecule is O=C1c2cc(F)c(OCC#CCO)cc2CN1C[C@]1(c2ccc(F)cc2)NCNC1=O. The highest BCUT2D eigenvalue weighted by Gasteiger charge is 2.47. The first kappa shape index (κ1) is 20.8. The lowest BCUT2D eigenvalue weighted by Crippen LogP contribution is -2.52. The van der Waals surface area contributed by atoms with Crippen LogP contribution in [0.1, 0.15) is 21.5 Å². The van der Waals surface area contributed by atoms with Gasteiger partial charge in [-0.2, -0.15) is 0 Å². The largest absolute Gasteiger partial charge is 0.478 e. The van der Waals surface area contributed by atoms with Gasteiger partial charge < -0.3 is 20.1 Å². The van der Waals surface area contributed by atoms with Gasteiger partial charge in [-0.05, 0) is 35.4 Å². The summed E-state index contributed by atoms with van der Waals surface area (Å²) in [7, 11) is 0. The second-order valence-electron chi connectivity index (χ2n) is 7.17. The summed E-state index contributed by atoms with van der Waals surface area (Å²) < 4.78 is 33.1. The van der Waals surface area contributed by atoms with Gasteiger partial charge in [0.15, 0.2) is 11.6 Å². The van der Waals surface area contributed by atoms with Crippen LogP contribution in [0.2, 0.25) is 0 Å². The van der Waals surface area contributed by atoms with E-state index in [9.17, 15) is 18.4 Å². The third-order valence-electron chi connectivity index (χ3n) is 5.33. The second kappa shape index (κ2) is 8.34. The summed E-state index contributed by atoms with van der Waals surface area (Å²) in [5.74, 6) is 2.99. The molecule has 2 aromatic carbocycles. The van der Waals surface area contributed by atoms with Crippen LogP contribution >= 0.6 is 0 Å². The smallest absolute Gasteiger partial charge is 0.254 e. The third kappa shape index (κ3) is 3.83. The summed E-state index contributed by atoms with van der Waals surface area (Å²) in [6.45, 7) is -0.0852. The van der Waals surface area contributed by atoms with Crippen LogP contribution in [0.4, 0.5) is 8.78 Å². The second-order valence-corrected chi connectivity index (χ2v) is 7.17. The zero-order valence-electron chi connectivity index (χ0n) is 16.4. The van der Waals surface area contributed by atoms with Crippen molar-refractivity contribution in [1.82, 2.24) is 15.5 Å². The standard InChI is InChI=1S/C22H19F2N3O4/c23-16-5-3-15(4-6-16)22(21(30)25-13-26-22)12-27-11-14-9-19(31-8-2-1-7-28)18(24)10-17(14)20(27)29/h3-6,9-10,26,28H,7-8,11-13H2,(H,25,30)/t22-/m1/s1. The minimum Gasteiger partial charge on any atom is -0.478 e. The van der Waals surface area contributed by atoms with Crippen molar-refractivity contribution in [2.45, 2.75) is 12.1 Å². The van der Waals surface area contributed by atoms with E-state index >= 15 is 0 Å². The quantitative estimate of drug-likeness (QED) is 0.616. The Hall–Kier alpha value is -3.48. The molecule has 1 saturated heterocycles. The molecule has 2 aliphatic rings. The number of aliphatic hydroxyl groups is 1. The fourth-order valence-electron chi connectivity index (χ4n) is 3.81. The number of amides is 2. The van der Waals surface area contributed by atoms with Crippen LogP contribution in [0.3, 0.4) is 0 Å². The van der Waals surface area contributed by atoms with Crippen molar-refractivity contribution in [2.75, 3.05) is 26.4 Å². The van der Waals surface area contributed by atoms with Gasteiger partial charge in [-0.25, -0.2) is 8.78 Å². The minimum atomic E-state index is -1.25. The highest BCUT2D eigenvalue weighted by atomic mass is 19.1.